The van der Waals surface area contributed by atoms with Crippen molar-refractivity contribution in [2.24, 2.45) is 7.05 Å². The molecule has 1 aromatic carbocycles. The number of ether oxygens (including phenoxy) is 1. The molecule has 0 N–H and O–H groups in total. The normalized spacial score (nSPS) is 10.6. The Morgan fingerprint density at radius 3 is 2.87 bits per heavy atom. The molecular weight excluding hydrogens is 192 g/mol. The van der Waals surface area contributed by atoms with Gasteiger partial charge in [0, 0.05) is 25.1 Å². The highest BCUT2D eigenvalue weighted by Gasteiger charge is 2.10. The SMILES string of the molecule is CC(=O)Oc1cccc2c(C)n(C)nc12. The largest absolute Gasteiger partial charge is 0.424 e. The highest BCUT2D eigenvalue weighted by atomic mass is 16.5. The van der Waals surface area contributed by atoms with E-state index in [1.54, 1.807) is 10.7 Å². The molecule has 4 heteroatoms. The fourth-order valence-corrected chi connectivity index (χ4v) is 1.55. The van der Waals surface area contributed by atoms with Gasteiger partial charge in [-0.2, -0.15) is 5.10 Å². The Labute approximate surface area is 87.5 Å². The van der Waals surface area contributed by atoms with E-state index in [0.717, 1.165) is 16.6 Å². The summed E-state index contributed by atoms with van der Waals surface area (Å²) in [7, 11) is 1.87. The maximum Gasteiger partial charge on any atom is 0.308 e. The van der Waals surface area contributed by atoms with E-state index >= 15 is 0 Å². The average molecular weight is 204 g/mol. The minimum absolute atomic E-state index is 0.328. The topological polar surface area (TPSA) is 44.1 Å². The number of aryl methyl sites for hydroxylation is 2. The third-order valence-electron chi connectivity index (χ3n) is 2.38. The Bertz CT molecular complexity index is 529. The van der Waals surface area contributed by atoms with Crippen molar-refractivity contribution >= 4 is 16.9 Å². The second-order valence-electron chi connectivity index (χ2n) is 3.45. The number of carbonyl (C=O) groups excluding carboxylic acids is 1. The average Bonchev–Trinajstić information content (AvgIpc) is 2.45. The first-order valence-electron chi connectivity index (χ1n) is 4.70. The number of aromatic nitrogens is 2. The van der Waals surface area contributed by atoms with E-state index in [0.29, 0.717) is 5.75 Å². The minimum Gasteiger partial charge on any atom is -0.424 e. The van der Waals surface area contributed by atoms with E-state index in [-0.39, 0.29) is 5.97 Å². The number of hydrogen-bond donors (Lipinski definition) is 0. The molecule has 1 aromatic heterocycles. The molecule has 15 heavy (non-hydrogen) atoms. The van der Waals surface area contributed by atoms with Crippen molar-refractivity contribution in [2.75, 3.05) is 0 Å². The molecule has 2 rings (SSSR count). The van der Waals surface area contributed by atoms with Gasteiger partial charge < -0.3 is 4.74 Å². The monoisotopic (exact) mass is 204 g/mol. The summed E-state index contributed by atoms with van der Waals surface area (Å²) in [5, 5.41) is 5.32. The lowest BCUT2D eigenvalue weighted by Gasteiger charge is -2.00. The molecule has 0 spiro atoms. The summed E-state index contributed by atoms with van der Waals surface area (Å²) in [6.07, 6.45) is 0. The molecule has 0 saturated heterocycles. The molecule has 78 valence electrons. The maximum atomic E-state index is 10.9. The first-order chi connectivity index (χ1) is 7.09. The summed E-state index contributed by atoms with van der Waals surface area (Å²) in [4.78, 5) is 10.9. The van der Waals surface area contributed by atoms with E-state index in [4.69, 9.17) is 4.74 Å². The first-order valence-corrected chi connectivity index (χ1v) is 4.70. The van der Waals surface area contributed by atoms with Crippen molar-refractivity contribution in [1.82, 2.24) is 9.78 Å². The van der Waals surface area contributed by atoms with E-state index in [1.807, 2.05) is 26.1 Å². The lowest BCUT2D eigenvalue weighted by molar-refractivity contribution is -0.131. The summed E-state index contributed by atoms with van der Waals surface area (Å²) in [6, 6.07) is 5.57. The van der Waals surface area contributed by atoms with Gasteiger partial charge in [-0.25, -0.2) is 0 Å². The lowest BCUT2D eigenvalue weighted by Crippen LogP contribution is -2.01. The van der Waals surface area contributed by atoms with Gasteiger partial charge in [-0.05, 0) is 13.0 Å². The van der Waals surface area contributed by atoms with Crippen LogP contribution in [0.4, 0.5) is 0 Å². The van der Waals surface area contributed by atoms with Crippen LogP contribution in [-0.4, -0.2) is 15.7 Å². The fourth-order valence-electron chi connectivity index (χ4n) is 1.55. The lowest BCUT2D eigenvalue weighted by atomic mass is 10.2. The maximum absolute atomic E-state index is 10.9. The van der Waals surface area contributed by atoms with Crippen LogP contribution in [0.3, 0.4) is 0 Å². The predicted octanol–water partition coefficient (Wildman–Crippen LogP) is 1.81. The molecule has 0 aliphatic heterocycles. The zero-order chi connectivity index (χ0) is 11.0. The highest BCUT2D eigenvalue weighted by molar-refractivity contribution is 5.88. The standard InChI is InChI=1S/C11H12N2O2/c1-7-9-5-4-6-10(15-8(2)14)11(9)12-13(7)3/h4-6H,1-3H3. The Hall–Kier alpha value is -1.84. The Morgan fingerprint density at radius 2 is 2.20 bits per heavy atom. The second-order valence-corrected chi connectivity index (χ2v) is 3.45. The third-order valence-corrected chi connectivity index (χ3v) is 2.38. The molecule has 0 bridgehead atoms. The predicted molar refractivity (Wildman–Crippen MR) is 56.8 cm³/mol. The molecule has 0 aliphatic carbocycles. The Morgan fingerprint density at radius 1 is 1.47 bits per heavy atom. The van der Waals surface area contributed by atoms with Crippen molar-refractivity contribution < 1.29 is 9.53 Å². The van der Waals surface area contributed by atoms with Crippen molar-refractivity contribution in [1.29, 1.82) is 0 Å². The number of esters is 1. The molecule has 0 atom stereocenters. The summed E-state index contributed by atoms with van der Waals surface area (Å²) in [6.45, 7) is 3.36. The summed E-state index contributed by atoms with van der Waals surface area (Å²) < 4.78 is 6.86. The summed E-state index contributed by atoms with van der Waals surface area (Å²) in [5.74, 6) is 0.189. The smallest absolute Gasteiger partial charge is 0.308 e. The number of nitrogens with zero attached hydrogens (tertiary/aromatic N) is 2. The van der Waals surface area contributed by atoms with E-state index in [9.17, 15) is 4.79 Å². The van der Waals surface area contributed by atoms with Crippen molar-refractivity contribution in [3.63, 3.8) is 0 Å². The summed E-state index contributed by atoms with van der Waals surface area (Å²) >= 11 is 0. The quantitative estimate of drug-likeness (QED) is 0.525. The zero-order valence-corrected chi connectivity index (χ0v) is 8.94. The van der Waals surface area contributed by atoms with E-state index in [1.165, 1.54) is 6.92 Å². The molecular formula is C11H12N2O2. The van der Waals surface area contributed by atoms with Crippen LogP contribution in [0.15, 0.2) is 18.2 Å². The molecule has 1 heterocycles. The van der Waals surface area contributed by atoms with Gasteiger partial charge >= 0.3 is 5.97 Å². The van der Waals surface area contributed by atoms with Crippen LogP contribution in [0.25, 0.3) is 10.9 Å². The second kappa shape index (κ2) is 3.38. The van der Waals surface area contributed by atoms with Crippen LogP contribution in [0.1, 0.15) is 12.6 Å². The van der Waals surface area contributed by atoms with Gasteiger partial charge in [0.15, 0.2) is 5.75 Å². The van der Waals surface area contributed by atoms with E-state index < -0.39 is 0 Å². The molecule has 0 fully saturated rings. The van der Waals surface area contributed by atoms with Crippen LogP contribution in [0, 0.1) is 6.92 Å². The molecule has 2 aromatic rings. The number of hydrogen-bond acceptors (Lipinski definition) is 3. The molecule has 0 saturated carbocycles. The van der Waals surface area contributed by atoms with Gasteiger partial charge in [0.2, 0.25) is 0 Å². The van der Waals surface area contributed by atoms with Gasteiger partial charge in [0.05, 0.1) is 0 Å². The first kappa shape index (κ1) is 9.71. The number of benzene rings is 1. The van der Waals surface area contributed by atoms with Crippen molar-refractivity contribution in [3.8, 4) is 5.75 Å². The summed E-state index contributed by atoms with van der Waals surface area (Å²) in [5.41, 5.74) is 1.78. The number of rotatable bonds is 1. The van der Waals surface area contributed by atoms with Crippen LogP contribution in [0.2, 0.25) is 0 Å². The van der Waals surface area contributed by atoms with Crippen LogP contribution < -0.4 is 4.74 Å². The number of carbonyl (C=O) groups is 1. The molecule has 0 radical (unpaired) electrons. The molecule has 0 unspecified atom stereocenters. The molecule has 0 amide bonds. The van der Waals surface area contributed by atoms with Crippen molar-refractivity contribution in [2.45, 2.75) is 13.8 Å². The van der Waals surface area contributed by atoms with Crippen LogP contribution >= 0.6 is 0 Å². The Kier molecular flexibility index (Phi) is 2.19. The zero-order valence-electron chi connectivity index (χ0n) is 8.94. The van der Waals surface area contributed by atoms with Crippen molar-refractivity contribution in [3.05, 3.63) is 23.9 Å². The van der Waals surface area contributed by atoms with Crippen LogP contribution in [0.5, 0.6) is 5.75 Å². The van der Waals surface area contributed by atoms with E-state index in [2.05, 4.69) is 5.10 Å². The van der Waals surface area contributed by atoms with Gasteiger partial charge in [0.25, 0.3) is 0 Å². The van der Waals surface area contributed by atoms with Crippen LogP contribution in [-0.2, 0) is 11.8 Å². The Balaban J connectivity index is 2.65. The number of fused-ring (bicyclic) bond motifs is 1. The third kappa shape index (κ3) is 1.58. The minimum atomic E-state index is -0.328. The van der Waals surface area contributed by atoms with Gasteiger partial charge in [-0.3, -0.25) is 9.48 Å². The van der Waals surface area contributed by atoms with Gasteiger partial charge in [-0.15, -0.1) is 0 Å². The molecule has 4 nitrogen and oxygen atoms in total. The van der Waals surface area contributed by atoms with Gasteiger partial charge in [-0.1, -0.05) is 12.1 Å². The highest BCUT2D eigenvalue weighted by Crippen LogP contribution is 2.26. The van der Waals surface area contributed by atoms with Gasteiger partial charge in [0.1, 0.15) is 5.52 Å². The fraction of sp³-hybridized carbons (Fsp3) is 0.273. The molecule has 0 aliphatic rings.